The van der Waals surface area contributed by atoms with Crippen LogP contribution in [0.5, 0.6) is 0 Å². The Labute approximate surface area is 135 Å². The molecule has 0 saturated carbocycles. The highest BCUT2D eigenvalue weighted by molar-refractivity contribution is 5.78. The fourth-order valence-corrected chi connectivity index (χ4v) is 1.36. The van der Waals surface area contributed by atoms with Gasteiger partial charge in [-0.2, -0.15) is 0 Å². The summed E-state index contributed by atoms with van der Waals surface area (Å²) in [6, 6.07) is 0. The van der Waals surface area contributed by atoms with Gasteiger partial charge in [0.05, 0.1) is 46.9 Å². The van der Waals surface area contributed by atoms with E-state index in [2.05, 4.69) is 0 Å². The number of rotatable bonds is 12. The van der Waals surface area contributed by atoms with E-state index in [1.165, 1.54) is 6.92 Å². The Morgan fingerprint density at radius 1 is 1.22 bits per heavy atom. The molecule has 0 heterocycles. The van der Waals surface area contributed by atoms with E-state index in [0.717, 1.165) is 0 Å². The van der Waals surface area contributed by atoms with Gasteiger partial charge in [-0.05, 0) is 6.42 Å². The van der Waals surface area contributed by atoms with Crippen LogP contribution in [-0.4, -0.2) is 92.6 Å². The number of carboxylic acids is 1. The molecule has 0 aliphatic rings. The molecule has 9 heteroatoms. The fraction of sp³-hybridized carbons (Fsp3) is 0.857. The van der Waals surface area contributed by atoms with E-state index in [0.29, 0.717) is 11.0 Å². The molecule has 0 aliphatic heterocycles. The molecule has 9 nitrogen and oxygen atoms in total. The SMILES string of the molecule is CCC(OC(=O)C(OCC[N+](C)(C)C)OCC(O)CO)C(=O)[O-]. The van der Waals surface area contributed by atoms with Crippen LogP contribution >= 0.6 is 0 Å². The Balaban J connectivity index is 4.67. The van der Waals surface area contributed by atoms with Crippen molar-refractivity contribution in [3.8, 4) is 0 Å². The zero-order valence-electron chi connectivity index (χ0n) is 14.1. The number of carbonyl (C=O) groups is 2. The average molecular weight is 337 g/mol. The van der Waals surface area contributed by atoms with Crippen molar-refractivity contribution in [3.63, 3.8) is 0 Å². The molecule has 136 valence electrons. The molecule has 0 bridgehead atoms. The van der Waals surface area contributed by atoms with E-state index in [4.69, 9.17) is 19.3 Å². The van der Waals surface area contributed by atoms with Crippen molar-refractivity contribution in [1.29, 1.82) is 0 Å². The highest BCUT2D eigenvalue weighted by Gasteiger charge is 2.26. The number of aliphatic hydroxyl groups excluding tert-OH is 2. The number of hydrogen-bond acceptors (Lipinski definition) is 8. The van der Waals surface area contributed by atoms with Crippen molar-refractivity contribution < 1.29 is 43.6 Å². The molecule has 0 aromatic rings. The van der Waals surface area contributed by atoms with Crippen molar-refractivity contribution in [2.24, 2.45) is 0 Å². The number of aliphatic hydroxyl groups is 2. The molecule has 0 fully saturated rings. The summed E-state index contributed by atoms with van der Waals surface area (Å²) in [6.07, 6.45) is -4.04. The minimum absolute atomic E-state index is 0.0406. The summed E-state index contributed by atoms with van der Waals surface area (Å²) in [5.74, 6) is -2.53. The summed E-state index contributed by atoms with van der Waals surface area (Å²) in [6.45, 7) is 1.34. The Morgan fingerprint density at radius 3 is 2.26 bits per heavy atom. The maximum Gasteiger partial charge on any atom is 0.364 e. The lowest BCUT2D eigenvalue weighted by molar-refractivity contribution is -0.870. The van der Waals surface area contributed by atoms with Gasteiger partial charge in [0, 0.05) is 0 Å². The van der Waals surface area contributed by atoms with Gasteiger partial charge in [-0.15, -0.1) is 0 Å². The standard InChI is InChI=1S/C14H27NO8/c1-5-11(12(18)19)23-13(20)14(22-9-10(17)8-16)21-7-6-15(2,3)4/h10-11,14,16-17H,5-9H2,1-4H3. The van der Waals surface area contributed by atoms with Crippen LogP contribution in [0.25, 0.3) is 0 Å². The summed E-state index contributed by atoms with van der Waals surface area (Å²) < 4.78 is 15.7. The molecule has 0 saturated heterocycles. The molecule has 0 aromatic carbocycles. The van der Waals surface area contributed by atoms with Crippen LogP contribution in [0, 0.1) is 0 Å². The van der Waals surface area contributed by atoms with Crippen molar-refractivity contribution in [2.45, 2.75) is 31.8 Å². The maximum atomic E-state index is 12.0. The zero-order chi connectivity index (χ0) is 18.0. The van der Waals surface area contributed by atoms with Crippen molar-refractivity contribution in [3.05, 3.63) is 0 Å². The highest BCUT2D eigenvalue weighted by Crippen LogP contribution is 2.06. The second-order valence-corrected chi connectivity index (χ2v) is 6.04. The van der Waals surface area contributed by atoms with Crippen LogP contribution < -0.4 is 5.11 Å². The molecule has 0 aromatic heterocycles. The van der Waals surface area contributed by atoms with E-state index in [-0.39, 0.29) is 19.6 Å². The summed E-state index contributed by atoms with van der Waals surface area (Å²) >= 11 is 0. The van der Waals surface area contributed by atoms with Gasteiger partial charge in [-0.3, -0.25) is 0 Å². The number of aliphatic carboxylic acids is 1. The predicted octanol–water partition coefficient (Wildman–Crippen LogP) is -2.52. The highest BCUT2D eigenvalue weighted by atomic mass is 16.7. The number of esters is 1. The summed E-state index contributed by atoms with van der Waals surface area (Å²) in [5, 5.41) is 28.8. The molecule has 0 amide bonds. The third kappa shape index (κ3) is 10.2. The first-order valence-corrected chi connectivity index (χ1v) is 7.34. The van der Waals surface area contributed by atoms with Crippen LogP contribution in [0.15, 0.2) is 0 Å². The van der Waals surface area contributed by atoms with Crippen LogP contribution in [0.2, 0.25) is 0 Å². The van der Waals surface area contributed by atoms with Gasteiger partial charge in [0.2, 0.25) is 0 Å². The summed E-state index contributed by atoms with van der Waals surface area (Å²) in [4.78, 5) is 22.8. The molecule has 0 aliphatic carbocycles. The number of quaternary nitrogens is 1. The summed E-state index contributed by atoms with van der Waals surface area (Å²) in [5.41, 5.74) is 0. The molecule has 2 N–H and O–H groups in total. The van der Waals surface area contributed by atoms with Crippen LogP contribution in [0.4, 0.5) is 0 Å². The van der Waals surface area contributed by atoms with Gasteiger partial charge in [0.1, 0.15) is 18.8 Å². The van der Waals surface area contributed by atoms with Gasteiger partial charge in [0.25, 0.3) is 6.29 Å². The molecule has 0 rings (SSSR count). The van der Waals surface area contributed by atoms with Crippen molar-refractivity contribution >= 4 is 11.9 Å². The molecule has 3 unspecified atom stereocenters. The van der Waals surface area contributed by atoms with E-state index in [9.17, 15) is 19.8 Å². The van der Waals surface area contributed by atoms with Crippen LogP contribution in [0.1, 0.15) is 13.3 Å². The number of carbonyl (C=O) groups excluding carboxylic acids is 2. The fourth-order valence-electron chi connectivity index (χ4n) is 1.36. The van der Waals surface area contributed by atoms with E-state index in [1.54, 1.807) is 0 Å². The molecular weight excluding hydrogens is 310 g/mol. The van der Waals surface area contributed by atoms with E-state index < -0.39 is 37.0 Å². The second kappa shape index (κ2) is 10.5. The molecule has 3 atom stereocenters. The van der Waals surface area contributed by atoms with Crippen LogP contribution in [0.3, 0.4) is 0 Å². The number of nitrogens with zero attached hydrogens (tertiary/aromatic N) is 1. The van der Waals surface area contributed by atoms with Gasteiger partial charge in [0.15, 0.2) is 0 Å². The van der Waals surface area contributed by atoms with Crippen molar-refractivity contribution in [2.75, 3.05) is 47.5 Å². The number of hydrogen-bond donors (Lipinski definition) is 2. The Kier molecular flexibility index (Phi) is 9.93. The quantitative estimate of drug-likeness (QED) is 0.227. The number of ether oxygens (including phenoxy) is 3. The van der Waals surface area contributed by atoms with Gasteiger partial charge < -0.3 is 38.8 Å². The smallest absolute Gasteiger partial charge is 0.364 e. The van der Waals surface area contributed by atoms with Gasteiger partial charge in [-0.25, -0.2) is 4.79 Å². The number of likely N-dealkylation sites (N-methyl/N-ethyl adjacent to an activating group) is 1. The van der Waals surface area contributed by atoms with Crippen molar-refractivity contribution in [1.82, 2.24) is 0 Å². The molecule has 0 radical (unpaired) electrons. The lowest BCUT2D eigenvalue weighted by atomic mass is 10.3. The third-order valence-corrected chi connectivity index (χ3v) is 2.77. The zero-order valence-corrected chi connectivity index (χ0v) is 14.1. The second-order valence-electron chi connectivity index (χ2n) is 6.04. The lowest BCUT2D eigenvalue weighted by Crippen LogP contribution is -2.43. The largest absolute Gasteiger partial charge is 0.546 e. The third-order valence-electron chi connectivity index (χ3n) is 2.77. The monoisotopic (exact) mass is 337 g/mol. The first-order valence-electron chi connectivity index (χ1n) is 7.34. The maximum absolute atomic E-state index is 12.0. The molecule has 0 spiro atoms. The Morgan fingerprint density at radius 2 is 1.83 bits per heavy atom. The van der Waals surface area contributed by atoms with Gasteiger partial charge >= 0.3 is 5.97 Å². The summed E-state index contributed by atoms with van der Waals surface area (Å²) in [7, 11) is 5.78. The molecular formula is C14H27NO8. The average Bonchev–Trinajstić information content (AvgIpc) is 2.45. The number of carboxylic acid groups (broad SMARTS) is 1. The predicted molar refractivity (Wildman–Crippen MR) is 76.9 cm³/mol. The Hall–Kier alpha value is -1.26. The normalized spacial score (nSPS) is 15.7. The lowest BCUT2D eigenvalue weighted by Gasteiger charge is -2.26. The van der Waals surface area contributed by atoms with E-state index >= 15 is 0 Å². The first kappa shape index (κ1) is 21.7. The minimum Gasteiger partial charge on any atom is -0.546 e. The van der Waals surface area contributed by atoms with E-state index in [1.807, 2.05) is 21.1 Å². The Bertz CT molecular complexity index is 368. The molecule has 23 heavy (non-hydrogen) atoms. The van der Waals surface area contributed by atoms with Gasteiger partial charge in [-0.1, -0.05) is 6.92 Å². The first-order chi connectivity index (χ1) is 10.6. The van der Waals surface area contributed by atoms with Crippen LogP contribution in [-0.2, 0) is 23.8 Å². The topological polar surface area (TPSA) is 125 Å². The minimum atomic E-state index is -1.51.